The molecule has 1 saturated heterocycles. The molecule has 0 radical (unpaired) electrons. The van der Waals surface area contributed by atoms with Gasteiger partial charge in [0.25, 0.3) is 5.91 Å². The Morgan fingerprint density at radius 1 is 1.16 bits per heavy atom. The summed E-state index contributed by atoms with van der Waals surface area (Å²) in [5.41, 5.74) is 2.27. The number of quaternary nitrogens is 1. The maximum Gasteiger partial charge on any atom is 0.336 e. The van der Waals surface area contributed by atoms with E-state index in [0.29, 0.717) is 11.3 Å². The average molecular weight is 422 g/mol. The van der Waals surface area contributed by atoms with Gasteiger partial charge < -0.3 is 19.4 Å². The van der Waals surface area contributed by atoms with Crippen LogP contribution in [-0.4, -0.2) is 31.1 Å². The molecule has 0 aliphatic carbocycles. The highest BCUT2D eigenvalue weighted by molar-refractivity contribution is 5.82. The molecule has 1 aromatic heterocycles. The van der Waals surface area contributed by atoms with Crippen LogP contribution in [0.15, 0.2) is 63.8 Å². The van der Waals surface area contributed by atoms with Crippen LogP contribution < -0.4 is 20.6 Å². The molecule has 31 heavy (non-hydrogen) atoms. The Morgan fingerprint density at radius 2 is 1.90 bits per heavy atom. The van der Waals surface area contributed by atoms with Gasteiger partial charge in [0.15, 0.2) is 6.10 Å². The summed E-state index contributed by atoms with van der Waals surface area (Å²) in [5.74, 6) is 0.383. The molecule has 6 heteroatoms. The Balaban J connectivity index is 1.29. The number of hydrogen-bond acceptors (Lipinski definition) is 4. The first-order valence-electron chi connectivity index (χ1n) is 10.9. The molecule has 0 spiro atoms. The molecule has 0 saturated carbocycles. The summed E-state index contributed by atoms with van der Waals surface area (Å²) < 4.78 is 11.1. The molecule has 1 aliphatic rings. The fourth-order valence-electron chi connectivity index (χ4n) is 4.19. The van der Waals surface area contributed by atoms with Gasteiger partial charge in [0.1, 0.15) is 17.9 Å². The number of carbonyl (C=O) groups excluding carboxylic acids is 1. The van der Waals surface area contributed by atoms with Crippen molar-refractivity contribution in [1.29, 1.82) is 0 Å². The third kappa shape index (κ3) is 5.33. The van der Waals surface area contributed by atoms with Crippen LogP contribution in [0, 0.1) is 6.92 Å². The van der Waals surface area contributed by atoms with Crippen LogP contribution in [0.4, 0.5) is 0 Å². The van der Waals surface area contributed by atoms with Crippen LogP contribution in [-0.2, 0) is 11.3 Å². The van der Waals surface area contributed by atoms with Crippen molar-refractivity contribution in [3.05, 3.63) is 76.1 Å². The quantitative estimate of drug-likeness (QED) is 0.599. The number of fused-ring (bicyclic) bond motifs is 1. The molecule has 1 atom stereocenters. The van der Waals surface area contributed by atoms with E-state index < -0.39 is 11.7 Å². The number of hydrogen-bond donors (Lipinski definition) is 2. The molecule has 2 heterocycles. The molecule has 4 rings (SSSR count). The van der Waals surface area contributed by atoms with Crippen LogP contribution >= 0.6 is 0 Å². The van der Waals surface area contributed by atoms with Crippen LogP contribution in [0.3, 0.4) is 0 Å². The summed E-state index contributed by atoms with van der Waals surface area (Å²) in [5, 5.41) is 3.98. The second kappa shape index (κ2) is 9.35. The minimum absolute atomic E-state index is 0.123. The Hall–Kier alpha value is -3.12. The van der Waals surface area contributed by atoms with Gasteiger partial charge in [-0.15, -0.1) is 0 Å². The lowest BCUT2D eigenvalue weighted by Crippen LogP contribution is -3.12. The van der Waals surface area contributed by atoms with Gasteiger partial charge in [-0.1, -0.05) is 30.3 Å². The Bertz CT molecular complexity index is 1100. The fraction of sp³-hybridized carbons (Fsp3) is 0.360. The first-order valence-corrected chi connectivity index (χ1v) is 10.9. The first kappa shape index (κ1) is 21.1. The second-order valence-electron chi connectivity index (χ2n) is 8.36. The lowest BCUT2D eigenvalue weighted by Gasteiger charge is -2.30. The molecule has 1 aliphatic heterocycles. The molecule has 1 fully saturated rings. The SMILES string of the molecule is Cc1cc(=O)oc2cc(O[C@@H](C)C(=O)NC3CC[NH+](Cc4ccccc4)CC3)ccc12. The highest BCUT2D eigenvalue weighted by Crippen LogP contribution is 2.23. The lowest BCUT2D eigenvalue weighted by molar-refractivity contribution is -0.918. The van der Waals surface area contributed by atoms with Crippen molar-refractivity contribution in [2.45, 2.75) is 45.4 Å². The number of rotatable bonds is 6. The molecular weight excluding hydrogens is 392 g/mol. The molecule has 3 aromatic rings. The second-order valence-corrected chi connectivity index (χ2v) is 8.36. The van der Waals surface area contributed by atoms with E-state index >= 15 is 0 Å². The topological polar surface area (TPSA) is 73.0 Å². The van der Waals surface area contributed by atoms with E-state index in [1.54, 1.807) is 24.0 Å². The third-order valence-electron chi connectivity index (χ3n) is 5.94. The van der Waals surface area contributed by atoms with Crippen molar-refractivity contribution in [2.75, 3.05) is 13.1 Å². The van der Waals surface area contributed by atoms with Crippen LogP contribution in [0.5, 0.6) is 5.75 Å². The minimum Gasteiger partial charge on any atom is -0.481 e. The van der Waals surface area contributed by atoms with Crippen molar-refractivity contribution in [1.82, 2.24) is 5.32 Å². The number of aryl methyl sites for hydroxylation is 1. The number of ether oxygens (including phenoxy) is 1. The third-order valence-corrected chi connectivity index (χ3v) is 5.94. The standard InChI is InChI=1S/C25H28N2O4/c1-17-14-24(28)31-23-15-21(8-9-22(17)23)30-18(2)25(29)26-20-10-12-27(13-11-20)16-19-6-4-3-5-7-19/h3-9,14-15,18,20H,10-13,16H2,1-2H3,(H,26,29)/p+1/t18-/m0/s1. The van der Waals surface area contributed by atoms with Crippen molar-refractivity contribution in [3.63, 3.8) is 0 Å². The number of benzene rings is 2. The summed E-state index contributed by atoms with van der Waals surface area (Å²) in [6.07, 6.45) is 1.28. The van der Waals surface area contributed by atoms with Crippen molar-refractivity contribution < 1.29 is 18.8 Å². The van der Waals surface area contributed by atoms with Crippen LogP contribution in [0.1, 0.15) is 30.9 Å². The smallest absolute Gasteiger partial charge is 0.336 e. The first-order chi connectivity index (χ1) is 15.0. The molecule has 1 amide bonds. The summed E-state index contributed by atoms with van der Waals surface area (Å²) >= 11 is 0. The number of nitrogens with one attached hydrogen (secondary N) is 2. The monoisotopic (exact) mass is 421 g/mol. The summed E-state index contributed by atoms with van der Waals surface area (Å²) in [7, 11) is 0. The Morgan fingerprint density at radius 3 is 2.65 bits per heavy atom. The molecule has 162 valence electrons. The average Bonchev–Trinajstić information content (AvgIpc) is 2.75. The largest absolute Gasteiger partial charge is 0.481 e. The molecule has 2 aromatic carbocycles. The van der Waals surface area contributed by atoms with Crippen molar-refractivity contribution in [2.24, 2.45) is 0 Å². The van der Waals surface area contributed by atoms with E-state index in [-0.39, 0.29) is 11.9 Å². The number of likely N-dealkylation sites (tertiary alicyclic amines) is 1. The van der Waals surface area contributed by atoms with Crippen molar-refractivity contribution in [3.8, 4) is 5.75 Å². The van der Waals surface area contributed by atoms with Gasteiger partial charge in [0.05, 0.1) is 13.1 Å². The van der Waals surface area contributed by atoms with Gasteiger partial charge >= 0.3 is 5.63 Å². The van der Waals surface area contributed by atoms with Crippen LogP contribution in [0.2, 0.25) is 0 Å². The zero-order chi connectivity index (χ0) is 21.8. The Kier molecular flexibility index (Phi) is 6.37. The summed E-state index contributed by atoms with van der Waals surface area (Å²) in [4.78, 5) is 25.8. The van der Waals surface area contributed by atoms with Gasteiger partial charge in [0.2, 0.25) is 0 Å². The van der Waals surface area contributed by atoms with E-state index in [2.05, 4.69) is 29.6 Å². The number of piperidine rings is 1. The summed E-state index contributed by atoms with van der Waals surface area (Å²) in [6, 6.07) is 17.5. The van der Waals surface area contributed by atoms with E-state index in [1.807, 2.05) is 19.1 Å². The molecular formula is C25H29N2O4+. The molecule has 0 unspecified atom stereocenters. The highest BCUT2D eigenvalue weighted by Gasteiger charge is 2.25. The van der Waals surface area contributed by atoms with E-state index in [9.17, 15) is 9.59 Å². The maximum atomic E-state index is 12.6. The number of amides is 1. The maximum absolute atomic E-state index is 12.6. The zero-order valence-electron chi connectivity index (χ0n) is 18.0. The molecule has 6 nitrogen and oxygen atoms in total. The molecule has 0 bridgehead atoms. The van der Waals surface area contributed by atoms with Crippen molar-refractivity contribution >= 4 is 16.9 Å². The van der Waals surface area contributed by atoms with Gasteiger partial charge in [-0.3, -0.25) is 4.79 Å². The van der Waals surface area contributed by atoms with Gasteiger partial charge in [-0.25, -0.2) is 4.79 Å². The predicted molar refractivity (Wildman–Crippen MR) is 119 cm³/mol. The van der Waals surface area contributed by atoms with Gasteiger partial charge in [0, 0.05) is 42.0 Å². The van der Waals surface area contributed by atoms with Crippen LogP contribution in [0.25, 0.3) is 11.0 Å². The van der Waals surface area contributed by atoms with Gasteiger partial charge in [-0.05, 0) is 31.5 Å². The predicted octanol–water partition coefficient (Wildman–Crippen LogP) is 2.23. The normalized spacial score (nSPS) is 19.7. The number of carbonyl (C=O) groups is 1. The van der Waals surface area contributed by atoms with E-state index in [1.165, 1.54) is 11.6 Å². The zero-order valence-corrected chi connectivity index (χ0v) is 18.0. The van der Waals surface area contributed by atoms with E-state index in [0.717, 1.165) is 43.4 Å². The Labute approximate surface area is 181 Å². The lowest BCUT2D eigenvalue weighted by atomic mass is 10.0. The minimum atomic E-state index is -0.635. The molecule has 2 N–H and O–H groups in total. The van der Waals surface area contributed by atoms with E-state index in [4.69, 9.17) is 9.15 Å². The highest BCUT2D eigenvalue weighted by atomic mass is 16.5. The summed E-state index contributed by atoms with van der Waals surface area (Å²) in [6.45, 7) is 6.71. The fourth-order valence-corrected chi connectivity index (χ4v) is 4.19. The van der Waals surface area contributed by atoms with Gasteiger partial charge in [-0.2, -0.15) is 0 Å².